The Morgan fingerprint density at radius 1 is 1.19 bits per heavy atom. The number of nitrogens with zero attached hydrogens (tertiary/aromatic N) is 4. The number of unbranched alkanes of at least 4 members (excludes halogenated alkanes) is 3. The first kappa shape index (κ1) is 22.6. The van der Waals surface area contributed by atoms with Crippen LogP contribution in [0.25, 0.3) is 0 Å². The molecule has 0 fully saturated rings. The quantitative estimate of drug-likeness (QED) is 0.290. The molecule has 166 valence electrons. The lowest BCUT2D eigenvalue weighted by Crippen LogP contribution is -2.32. The maximum atomic E-state index is 14.8. The second kappa shape index (κ2) is 9.79. The lowest BCUT2D eigenvalue weighted by molar-refractivity contribution is 0.275. The fraction of sp³-hybridized carbons (Fsp3) is 0.333. The molecule has 2 heterocycles. The second-order valence-electron chi connectivity index (χ2n) is 7.12. The van der Waals surface area contributed by atoms with Crippen LogP contribution in [0.2, 0.25) is 0 Å². The summed E-state index contributed by atoms with van der Waals surface area (Å²) >= 11 is 0. The number of rotatable bonds is 7. The monoisotopic (exact) mass is 440 g/mol. The zero-order chi connectivity index (χ0) is 23.3. The molecule has 1 aromatic carbocycles. The second-order valence-corrected chi connectivity index (χ2v) is 7.12. The molecule has 0 saturated heterocycles. The number of aliphatic imine (C=N–C) groups is 1. The Balaban J connectivity index is 2.01. The van der Waals surface area contributed by atoms with Crippen LogP contribution in [0.15, 0.2) is 17.1 Å². The molecule has 0 amide bonds. The van der Waals surface area contributed by atoms with E-state index in [1.165, 1.54) is 0 Å². The van der Waals surface area contributed by atoms with E-state index in [2.05, 4.69) is 27.5 Å². The van der Waals surface area contributed by atoms with E-state index >= 15 is 0 Å². The van der Waals surface area contributed by atoms with Gasteiger partial charge in [0.15, 0.2) is 23.6 Å². The summed E-state index contributed by atoms with van der Waals surface area (Å²) in [7, 11) is 0. The van der Waals surface area contributed by atoms with Crippen molar-refractivity contribution in [3.05, 3.63) is 40.5 Å². The highest BCUT2D eigenvalue weighted by Gasteiger charge is 2.31. The molecule has 2 aromatic rings. The van der Waals surface area contributed by atoms with Gasteiger partial charge in [-0.2, -0.15) is 10.5 Å². The number of fused-ring (bicyclic) bond motifs is 1. The van der Waals surface area contributed by atoms with Crippen LogP contribution in [0.5, 0.6) is 5.75 Å². The van der Waals surface area contributed by atoms with Crippen LogP contribution in [-0.4, -0.2) is 17.6 Å². The molecule has 32 heavy (non-hydrogen) atoms. The molecule has 0 bridgehead atoms. The topological polar surface area (TPSA) is 158 Å². The maximum Gasteiger partial charge on any atom is 0.211 e. The predicted molar refractivity (Wildman–Crippen MR) is 115 cm³/mol. The number of nitrogens with two attached hydrogens (primary N) is 2. The Bertz CT molecular complexity index is 1110. The van der Waals surface area contributed by atoms with Crippen LogP contribution < -0.4 is 26.8 Å². The van der Waals surface area contributed by atoms with E-state index in [4.69, 9.17) is 21.5 Å². The largest absolute Gasteiger partial charge is 0.488 e. The molecule has 0 radical (unpaired) electrons. The van der Waals surface area contributed by atoms with Crippen LogP contribution in [0.3, 0.4) is 0 Å². The van der Waals surface area contributed by atoms with Crippen LogP contribution in [0, 0.1) is 34.4 Å². The summed E-state index contributed by atoms with van der Waals surface area (Å²) in [6.07, 6.45) is 5.35. The van der Waals surface area contributed by atoms with Crippen molar-refractivity contribution in [2.75, 3.05) is 23.4 Å². The van der Waals surface area contributed by atoms with Crippen molar-refractivity contribution < 1.29 is 13.5 Å². The van der Waals surface area contributed by atoms with Gasteiger partial charge in [-0.3, -0.25) is 5.32 Å². The molecule has 1 aliphatic heterocycles. The van der Waals surface area contributed by atoms with E-state index in [9.17, 15) is 14.0 Å². The van der Waals surface area contributed by atoms with Gasteiger partial charge in [-0.05, 0) is 24.1 Å². The van der Waals surface area contributed by atoms with E-state index in [1.54, 1.807) is 6.19 Å². The number of pyridine rings is 1. The fourth-order valence-electron chi connectivity index (χ4n) is 3.40. The lowest BCUT2D eigenvalue weighted by atomic mass is 9.95. The van der Waals surface area contributed by atoms with Crippen LogP contribution >= 0.6 is 0 Å². The van der Waals surface area contributed by atoms with Gasteiger partial charge in [-0.25, -0.2) is 18.8 Å². The fourth-order valence-corrected chi connectivity index (χ4v) is 3.40. The standard InChI is InChI=1S/C21H22F2N8O/c1-2-3-4-5-6-32-18-13(22)7-11(8-14(18)23)17-15-16(26)12(9-24)19(27)30-20(15)31-21(29-17)28-10-25/h7-8,17H,2-6H2,1H3,(H6,26,27,28,29,30,31). The zero-order valence-electron chi connectivity index (χ0n) is 17.4. The molecule has 9 nitrogen and oxygen atoms in total. The minimum Gasteiger partial charge on any atom is -0.488 e. The Morgan fingerprint density at radius 2 is 1.91 bits per heavy atom. The number of nitriles is 2. The summed E-state index contributed by atoms with van der Waals surface area (Å²) in [5, 5.41) is 23.4. The summed E-state index contributed by atoms with van der Waals surface area (Å²) in [5.74, 6) is -2.30. The highest BCUT2D eigenvalue weighted by Crippen LogP contribution is 2.41. The first-order chi connectivity index (χ1) is 15.4. The maximum absolute atomic E-state index is 14.8. The van der Waals surface area contributed by atoms with E-state index in [0.29, 0.717) is 6.42 Å². The molecule has 0 aliphatic carbocycles. The molecular weight excluding hydrogens is 418 g/mol. The van der Waals surface area contributed by atoms with Crippen LogP contribution in [-0.2, 0) is 0 Å². The Hall–Kier alpha value is -4.12. The Labute approximate surface area is 183 Å². The van der Waals surface area contributed by atoms with Crippen molar-refractivity contribution >= 4 is 23.3 Å². The van der Waals surface area contributed by atoms with Gasteiger partial charge in [0.2, 0.25) is 5.96 Å². The minimum atomic E-state index is -1.05. The first-order valence-electron chi connectivity index (χ1n) is 10.0. The molecule has 1 aromatic heterocycles. The molecule has 1 atom stereocenters. The van der Waals surface area contributed by atoms with E-state index in [0.717, 1.165) is 31.4 Å². The number of anilines is 3. The summed E-state index contributed by atoms with van der Waals surface area (Å²) in [5.41, 5.74) is 12.1. The number of benzene rings is 1. The molecule has 0 spiro atoms. The third-order valence-electron chi connectivity index (χ3n) is 4.94. The van der Waals surface area contributed by atoms with Crippen molar-refractivity contribution in [1.29, 1.82) is 10.5 Å². The molecule has 1 unspecified atom stereocenters. The summed E-state index contributed by atoms with van der Waals surface area (Å²) in [6.45, 7) is 2.26. The van der Waals surface area contributed by atoms with Crippen LogP contribution in [0.4, 0.5) is 26.1 Å². The summed E-state index contributed by atoms with van der Waals surface area (Å²) < 4.78 is 34.8. The average molecular weight is 440 g/mol. The Morgan fingerprint density at radius 3 is 2.53 bits per heavy atom. The van der Waals surface area contributed by atoms with Crippen LogP contribution in [0.1, 0.15) is 55.3 Å². The molecule has 1 aliphatic rings. The number of nitrogens with one attached hydrogen (secondary N) is 2. The third kappa shape index (κ3) is 4.47. The van der Waals surface area contributed by atoms with Crippen molar-refractivity contribution in [1.82, 2.24) is 10.3 Å². The van der Waals surface area contributed by atoms with Gasteiger partial charge in [-0.15, -0.1) is 0 Å². The van der Waals surface area contributed by atoms with Crippen molar-refractivity contribution in [2.24, 2.45) is 4.99 Å². The molecule has 3 rings (SSSR count). The normalized spacial score (nSPS) is 14.4. The number of hydrogen-bond donors (Lipinski definition) is 4. The highest BCUT2D eigenvalue weighted by molar-refractivity contribution is 5.98. The predicted octanol–water partition coefficient (Wildman–Crippen LogP) is 3.30. The molecule has 0 saturated carbocycles. The van der Waals surface area contributed by atoms with Gasteiger partial charge < -0.3 is 21.5 Å². The van der Waals surface area contributed by atoms with Crippen molar-refractivity contribution in [3.8, 4) is 18.0 Å². The summed E-state index contributed by atoms with van der Waals surface area (Å²) in [4.78, 5) is 8.39. The average Bonchev–Trinajstić information content (AvgIpc) is 2.75. The molecule has 11 heteroatoms. The Kier molecular flexibility index (Phi) is 6.90. The van der Waals surface area contributed by atoms with Gasteiger partial charge in [0.25, 0.3) is 0 Å². The smallest absolute Gasteiger partial charge is 0.211 e. The number of guanidine groups is 1. The van der Waals surface area contributed by atoms with Gasteiger partial charge >= 0.3 is 0 Å². The number of ether oxygens (including phenoxy) is 1. The minimum absolute atomic E-state index is 0.0157. The van der Waals surface area contributed by atoms with Crippen molar-refractivity contribution in [3.63, 3.8) is 0 Å². The number of nitrogen functional groups attached to an aromatic ring is 2. The van der Waals surface area contributed by atoms with Gasteiger partial charge in [0.1, 0.15) is 29.3 Å². The van der Waals surface area contributed by atoms with Gasteiger partial charge in [0.05, 0.1) is 12.3 Å². The third-order valence-corrected chi connectivity index (χ3v) is 4.94. The number of aromatic nitrogens is 1. The van der Waals surface area contributed by atoms with E-state index < -0.39 is 23.4 Å². The van der Waals surface area contributed by atoms with Crippen molar-refractivity contribution in [2.45, 2.75) is 38.6 Å². The van der Waals surface area contributed by atoms with Gasteiger partial charge in [0, 0.05) is 5.56 Å². The lowest BCUT2D eigenvalue weighted by Gasteiger charge is -2.26. The van der Waals surface area contributed by atoms with E-state index in [1.807, 2.05) is 6.07 Å². The SMILES string of the molecule is CCCCCCOc1c(F)cc(C2N=C(NC#N)Nc3nc(N)c(C#N)c(N)c32)cc1F. The molecular formula is C21H22F2N8O. The van der Waals surface area contributed by atoms with Gasteiger partial charge in [-0.1, -0.05) is 26.2 Å². The first-order valence-corrected chi connectivity index (χ1v) is 10.0. The van der Waals surface area contributed by atoms with E-state index in [-0.39, 0.29) is 46.6 Å². The zero-order valence-corrected chi connectivity index (χ0v) is 17.4. The number of halogens is 2. The molecule has 6 N–H and O–H groups in total. The summed E-state index contributed by atoms with van der Waals surface area (Å²) in [6, 6.07) is 2.98. The number of hydrogen-bond acceptors (Lipinski definition) is 9. The highest BCUT2D eigenvalue weighted by atomic mass is 19.1.